The van der Waals surface area contributed by atoms with Gasteiger partial charge in [-0.2, -0.15) is 0 Å². The highest BCUT2D eigenvalue weighted by atomic mass is 16.7. The van der Waals surface area contributed by atoms with E-state index in [0.717, 1.165) is 0 Å². The van der Waals surface area contributed by atoms with E-state index in [2.05, 4.69) is 0 Å². The molecule has 9 atom stereocenters. The molecule has 2 aliphatic heterocycles. The van der Waals surface area contributed by atoms with Crippen molar-refractivity contribution in [1.29, 1.82) is 0 Å². The molecule has 2 aliphatic rings. The number of hydrogen-bond acceptors (Lipinski definition) is 12. The standard InChI is InChI=1S/C26H34O12/c1-34-18-7-12(3-5-16(18)28)21(30)14-10-36-25(13-4-6-17(29)19(8-13)35-2)15(14)11-37-26-24(33)23(32)22(31)20(9-27)38-26/h3-8,14-15,20-33H,9-11H2,1-2H3/t14-,15+,20-,21-,22-,23+,24-,25-,26-/m1/s1. The molecule has 38 heavy (non-hydrogen) atoms. The Morgan fingerprint density at radius 2 is 1.58 bits per heavy atom. The van der Waals surface area contributed by atoms with Crippen molar-refractivity contribution in [3.05, 3.63) is 47.5 Å². The number of aliphatic hydroxyl groups is 5. The maximum atomic E-state index is 11.3. The molecule has 2 aromatic rings. The van der Waals surface area contributed by atoms with Gasteiger partial charge in [0, 0.05) is 11.8 Å². The third-order valence-electron chi connectivity index (χ3n) is 7.19. The van der Waals surface area contributed by atoms with Crippen LogP contribution in [0.5, 0.6) is 23.0 Å². The minimum absolute atomic E-state index is 0.0591. The zero-order valence-electron chi connectivity index (χ0n) is 21.0. The average Bonchev–Trinajstić information content (AvgIpc) is 3.35. The number of ether oxygens (including phenoxy) is 5. The lowest BCUT2D eigenvalue weighted by atomic mass is 9.82. The molecular weight excluding hydrogens is 504 g/mol. The van der Waals surface area contributed by atoms with Gasteiger partial charge in [-0.15, -0.1) is 0 Å². The quantitative estimate of drug-likeness (QED) is 0.226. The Hall–Kier alpha value is -2.68. The molecule has 210 valence electrons. The van der Waals surface area contributed by atoms with Crippen molar-refractivity contribution in [3.63, 3.8) is 0 Å². The van der Waals surface area contributed by atoms with E-state index in [9.17, 15) is 35.7 Å². The number of methoxy groups -OCH3 is 2. The second-order valence-corrected chi connectivity index (χ2v) is 9.42. The predicted molar refractivity (Wildman–Crippen MR) is 130 cm³/mol. The predicted octanol–water partition coefficient (Wildman–Crippen LogP) is -0.0312. The van der Waals surface area contributed by atoms with Crippen LogP contribution in [0.25, 0.3) is 0 Å². The van der Waals surface area contributed by atoms with Gasteiger partial charge in [0.2, 0.25) is 0 Å². The van der Waals surface area contributed by atoms with Crippen LogP contribution in [0.3, 0.4) is 0 Å². The maximum Gasteiger partial charge on any atom is 0.186 e. The molecule has 2 saturated heterocycles. The van der Waals surface area contributed by atoms with Crippen molar-refractivity contribution in [3.8, 4) is 23.0 Å². The maximum absolute atomic E-state index is 11.3. The Morgan fingerprint density at radius 3 is 2.24 bits per heavy atom. The summed E-state index contributed by atoms with van der Waals surface area (Å²) in [6.45, 7) is -0.605. The molecule has 2 aromatic carbocycles. The van der Waals surface area contributed by atoms with Crippen LogP contribution in [0.15, 0.2) is 36.4 Å². The normalized spacial score (nSPS) is 32.2. The summed E-state index contributed by atoms with van der Waals surface area (Å²) in [5.41, 5.74) is 1.11. The minimum Gasteiger partial charge on any atom is -0.504 e. The van der Waals surface area contributed by atoms with Gasteiger partial charge in [0.1, 0.15) is 24.4 Å². The van der Waals surface area contributed by atoms with Crippen LogP contribution in [0.4, 0.5) is 0 Å². The van der Waals surface area contributed by atoms with Gasteiger partial charge in [-0.3, -0.25) is 0 Å². The van der Waals surface area contributed by atoms with Crippen LogP contribution >= 0.6 is 0 Å². The van der Waals surface area contributed by atoms with E-state index in [4.69, 9.17) is 23.7 Å². The van der Waals surface area contributed by atoms with E-state index in [1.54, 1.807) is 18.2 Å². The van der Waals surface area contributed by atoms with E-state index in [0.29, 0.717) is 11.1 Å². The molecule has 2 heterocycles. The molecule has 0 saturated carbocycles. The smallest absolute Gasteiger partial charge is 0.186 e. The van der Waals surface area contributed by atoms with Gasteiger partial charge in [0.15, 0.2) is 29.3 Å². The van der Waals surface area contributed by atoms with Gasteiger partial charge < -0.3 is 59.4 Å². The Labute approximate surface area is 219 Å². The van der Waals surface area contributed by atoms with Crippen LogP contribution in [0, 0.1) is 11.8 Å². The van der Waals surface area contributed by atoms with Crippen molar-refractivity contribution < 1.29 is 59.4 Å². The zero-order valence-corrected chi connectivity index (χ0v) is 21.0. The molecule has 0 unspecified atom stereocenters. The van der Waals surface area contributed by atoms with Gasteiger partial charge >= 0.3 is 0 Å². The SMILES string of the molecule is COc1cc([C@@H](O)[C@@H]2CO[C@H](c3ccc(O)c(OC)c3)[C@H]2CO[C@@H]2O[C@H](CO)[C@@H](O)[C@H](O)[C@H]2O)ccc1O. The molecule has 0 amide bonds. The van der Waals surface area contributed by atoms with E-state index in [1.807, 2.05) is 0 Å². The summed E-state index contributed by atoms with van der Waals surface area (Å²) in [5, 5.41) is 71.4. The summed E-state index contributed by atoms with van der Waals surface area (Å²) in [5.74, 6) is -0.800. The first-order chi connectivity index (χ1) is 18.2. The first kappa shape index (κ1) is 28.3. The summed E-state index contributed by atoms with van der Waals surface area (Å²) in [7, 11) is 2.81. The summed E-state index contributed by atoms with van der Waals surface area (Å²) in [4.78, 5) is 0. The number of benzene rings is 2. The lowest BCUT2D eigenvalue weighted by molar-refractivity contribution is -0.304. The highest BCUT2D eigenvalue weighted by Gasteiger charge is 2.47. The largest absolute Gasteiger partial charge is 0.504 e. The third kappa shape index (κ3) is 5.53. The number of phenolic OH excluding ortho intramolecular Hbond substituents is 2. The molecule has 0 aromatic heterocycles. The van der Waals surface area contributed by atoms with Crippen LogP contribution < -0.4 is 9.47 Å². The van der Waals surface area contributed by atoms with Gasteiger partial charge in [0.05, 0.1) is 46.2 Å². The Kier molecular flexibility index (Phi) is 8.96. The monoisotopic (exact) mass is 538 g/mol. The Bertz CT molecular complexity index is 1080. The molecule has 0 bridgehead atoms. The number of phenols is 2. The molecule has 12 nitrogen and oxygen atoms in total. The fraction of sp³-hybridized carbons (Fsp3) is 0.538. The molecule has 2 fully saturated rings. The second-order valence-electron chi connectivity index (χ2n) is 9.42. The summed E-state index contributed by atoms with van der Waals surface area (Å²) in [6.07, 6.45) is -8.93. The first-order valence-electron chi connectivity index (χ1n) is 12.2. The van der Waals surface area contributed by atoms with E-state index < -0.39 is 61.4 Å². The van der Waals surface area contributed by atoms with Crippen LogP contribution in [-0.4, -0.2) is 100 Å². The average molecular weight is 539 g/mol. The van der Waals surface area contributed by atoms with Crippen LogP contribution in [-0.2, 0) is 14.2 Å². The zero-order chi connectivity index (χ0) is 27.6. The molecule has 7 N–H and O–H groups in total. The number of hydrogen-bond donors (Lipinski definition) is 7. The van der Waals surface area contributed by atoms with E-state index in [1.165, 1.54) is 32.4 Å². The number of rotatable bonds is 9. The van der Waals surface area contributed by atoms with Crippen LogP contribution in [0.2, 0.25) is 0 Å². The topological polar surface area (TPSA) is 188 Å². The Morgan fingerprint density at radius 1 is 0.921 bits per heavy atom. The molecule has 4 rings (SSSR count). The van der Waals surface area contributed by atoms with Crippen molar-refractivity contribution in [2.45, 2.75) is 42.9 Å². The van der Waals surface area contributed by atoms with Gasteiger partial charge in [0.25, 0.3) is 0 Å². The highest BCUT2D eigenvalue weighted by molar-refractivity contribution is 5.44. The second kappa shape index (κ2) is 12.0. The molecule has 0 radical (unpaired) electrons. The number of aliphatic hydroxyl groups excluding tert-OH is 5. The van der Waals surface area contributed by atoms with Gasteiger partial charge in [-0.1, -0.05) is 12.1 Å². The van der Waals surface area contributed by atoms with Crippen LogP contribution in [0.1, 0.15) is 23.3 Å². The minimum atomic E-state index is -1.60. The fourth-order valence-electron chi connectivity index (χ4n) is 4.97. The number of aromatic hydroxyl groups is 2. The highest BCUT2D eigenvalue weighted by Crippen LogP contribution is 2.46. The lowest BCUT2D eigenvalue weighted by Crippen LogP contribution is -2.59. The van der Waals surface area contributed by atoms with E-state index >= 15 is 0 Å². The van der Waals surface area contributed by atoms with Crippen molar-refractivity contribution in [2.75, 3.05) is 34.0 Å². The summed E-state index contributed by atoms with van der Waals surface area (Å²) >= 11 is 0. The molecule has 0 spiro atoms. The molecular formula is C26H34O12. The third-order valence-corrected chi connectivity index (χ3v) is 7.19. The van der Waals surface area contributed by atoms with E-state index in [-0.39, 0.29) is 36.2 Å². The fourth-order valence-corrected chi connectivity index (χ4v) is 4.97. The summed E-state index contributed by atoms with van der Waals surface area (Å²) in [6, 6.07) is 9.22. The lowest BCUT2D eigenvalue weighted by Gasteiger charge is -2.40. The molecule has 0 aliphatic carbocycles. The van der Waals surface area contributed by atoms with Crippen molar-refractivity contribution >= 4 is 0 Å². The van der Waals surface area contributed by atoms with Gasteiger partial charge in [-0.05, 0) is 35.4 Å². The van der Waals surface area contributed by atoms with Gasteiger partial charge in [-0.25, -0.2) is 0 Å². The first-order valence-corrected chi connectivity index (χ1v) is 12.2. The molecule has 12 heteroatoms. The summed E-state index contributed by atoms with van der Waals surface area (Å²) < 4.78 is 27.8. The van der Waals surface area contributed by atoms with Crippen molar-refractivity contribution in [1.82, 2.24) is 0 Å². The Balaban J connectivity index is 1.61. The van der Waals surface area contributed by atoms with Crippen molar-refractivity contribution in [2.24, 2.45) is 11.8 Å².